The standard InChI is InChI=1S/C19H17FN4O/c20-15-6-3-5-13(8-15)16-9-17(16)19(25)23-18-7-2-1-4-14(18)10-24-12-21-11-22-24/h1-8,11-12,16-17H,9-10H2,(H,23,25). The van der Waals surface area contributed by atoms with Gasteiger partial charge in [0.1, 0.15) is 18.5 Å². The second-order valence-electron chi connectivity index (χ2n) is 6.24. The Morgan fingerprint density at radius 3 is 2.92 bits per heavy atom. The van der Waals surface area contributed by atoms with Gasteiger partial charge in [0, 0.05) is 11.6 Å². The Morgan fingerprint density at radius 2 is 2.12 bits per heavy atom. The van der Waals surface area contributed by atoms with Crippen molar-refractivity contribution in [2.45, 2.75) is 18.9 Å². The Kier molecular flexibility index (Phi) is 4.01. The fraction of sp³-hybridized carbons (Fsp3) is 0.211. The second kappa shape index (κ2) is 6.47. The smallest absolute Gasteiger partial charge is 0.228 e. The lowest BCUT2D eigenvalue weighted by molar-refractivity contribution is -0.117. The van der Waals surface area contributed by atoms with Crippen LogP contribution in [0.25, 0.3) is 0 Å². The SMILES string of the molecule is O=C(Nc1ccccc1Cn1cncn1)C1CC1c1cccc(F)c1. The first-order chi connectivity index (χ1) is 12.2. The number of rotatable bonds is 5. The zero-order valence-electron chi connectivity index (χ0n) is 13.5. The monoisotopic (exact) mass is 336 g/mol. The topological polar surface area (TPSA) is 59.8 Å². The van der Waals surface area contributed by atoms with E-state index in [0.29, 0.717) is 6.54 Å². The van der Waals surface area contributed by atoms with E-state index < -0.39 is 0 Å². The molecule has 4 rings (SSSR count). The molecule has 5 nitrogen and oxygen atoms in total. The molecule has 1 N–H and O–H groups in total. The van der Waals surface area contributed by atoms with E-state index in [-0.39, 0.29) is 23.6 Å². The molecule has 0 aliphatic heterocycles. The van der Waals surface area contributed by atoms with Crippen LogP contribution in [0.2, 0.25) is 0 Å². The number of hydrogen-bond acceptors (Lipinski definition) is 3. The molecule has 0 radical (unpaired) electrons. The van der Waals surface area contributed by atoms with Crippen molar-refractivity contribution in [2.24, 2.45) is 5.92 Å². The fourth-order valence-corrected chi connectivity index (χ4v) is 3.08. The maximum atomic E-state index is 13.3. The molecule has 1 fully saturated rings. The van der Waals surface area contributed by atoms with Crippen LogP contribution in [0.5, 0.6) is 0 Å². The zero-order valence-corrected chi connectivity index (χ0v) is 13.5. The molecule has 0 bridgehead atoms. The largest absolute Gasteiger partial charge is 0.326 e. The number of amides is 1. The van der Waals surface area contributed by atoms with Gasteiger partial charge in [-0.15, -0.1) is 0 Å². The van der Waals surface area contributed by atoms with Crippen molar-refractivity contribution >= 4 is 11.6 Å². The van der Waals surface area contributed by atoms with Crippen LogP contribution >= 0.6 is 0 Å². The summed E-state index contributed by atoms with van der Waals surface area (Å²) in [7, 11) is 0. The molecule has 1 heterocycles. The number of nitrogens with one attached hydrogen (secondary N) is 1. The van der Waals surface area contributed by atoms with Gasteiger partial charge in [0.2, 0.25) is 5.91 Å². The Hall–Kier alpha value is -3.02. The highest BCUT2D eigenvalue weighted by atomic mass is 19.1. The first-order valence-electron chi connectivity index (χ1n) is 8.17. The minimum atomic E-state index is -0.262. The van der Waals surface area contributed by atoms with E-state index >= 15 is 0 Å². The summed E-state index contributed by atoms with van der Waals surface area (Å²) in [5.41, 5.74) is 2.62. The Balaban J connectivity index is 1.45. The average Bonchev–Trinajstić information content (AvgIpc) is 3.26. The summed E-state index contributed by atoms with van der Waals surface area (Å²) in [6.07, 6.45) is 3.87. The normalized spacial score (nSPS) is 18.8. The molecule has 25 heavy (non-hydrogen) atoms. The van der Waals surface area contributed by atoms with Crippen LogP contribution in [0.1, 0.15) is 23.5 Å². The van der Waals surface area contributed by atoms with Crippen molar-refractivity contribution < 1.29 is 9.18 Å². The minimum Gasteiger partial charge on any atom is -0.326 e. The number of hydrogen-bond donors (Lipinski definition) is 1. The van der Waals surface area contributed by atoms with Crippen molar-refractivity contribution in [1.82, 2.24) is 14.8 Å². The quantitative estimate of drug-likeness (QED) is 0.778. The van der Waals surface area contributed by atoms with Crippen molar-refractivity contribution in [3.63, 3.8) is 0 Å². The summed E-state index contributed by atoms with van der Waals surface area (Å²) in [6, 6.07) is 14.1. The van der Waals surface area contributed by atoms with Gasteiger partial charge in [-0.05, 0) is 41.7 Å². The molecule has 1 aromatic heterocycles. The number of benzene rings is 2. The van der Waals surface area contributed by atoms with Crippen LogP contribution in [0, 0.1) is 11.7 Å². The molecule has 2 atom stereocenters. The van der Waals surface area contributed by atoms with Gasteiger partial charge in [-0.3, -0.25) is 4.79 Å². The molecule has 1 saturated carbocycles. The van der Waals surface area contributed by atoms with E-state index in [4.69, 9.17) is 0 Å². The van der Waals surface area contributed by atoms with Crippen molar-refractivity contribution in [3.05, 3.63) is 78.1 Å². The predicted molar refractivity (Wildman–Crippen MR) is 91.4 cm³/mol. The summed E-state index contributed by atoms with van der Waals surface area (Å²) in [4.78, 5) is 16.5. The van der Waals surface area contributed by atoms with Crippen molar-refractivity contribution in [2.75, 3.05) is 5.32 Å². The zero-order chi connectivity index (χ0) is 17.2. The number of nitrogens with zero attached hydrogens (tertiary/aromatic N) is 3. The van der Waals surface area contributed by atoms with E-state index in [1.54, 1.807) is 17.1 Å². The number of carbonyl (C=O) groups excluding carboxylic acids is 1. The van der Waals surface area contributed by atoms with Gasteiger partial charge >= 0.3 is 0 Å². The summed E-state index contributed by atoms with van der Waals surface area (Å²) in [5.74, 6) is -0.304. The molecular weight excluding hydrogens is 319 g/mol. The van der Waals surface area contributed by atoms with E-state index in [0.717, 1.165) is 23.2 Å². The third kappa shape index (κ3) is 3.42. The van der Waals surface area contributed by atoms with Crippen molar-refractivity contribution in [3.8, 4) is 0 Å². The number of carbonyl (C=O) groups is 1. The van der Waals surface area contributed by atoms with E-state index in [2.05, 4.69) is 15.4 Å². The Bertz CT molecular complexity index is 894. The predicted octanol–water partition coefficient (Wildman–Crippen LogP) is 3.21. The van der Waals surface area contributed by atoms with E-state index in [9.17, 15) is 9.18 Å². The highest BCUT2D eigenvalue weighted by molar-refractivity contribution is 5.95. The molecule has 1 amide bonds. The fourth-order valence-electron chi connectivity index (χ4n) is 3.08. The third-order valence-corrected chi connectivity index (χ3v) is 4.48. The first kappa shape index (κ1) is 15.5. The first-order valence-corrected chi connectivity index (χ1v) is 8.17. The number of anilines is 1. The van der Waals surface area contributed by atoms with Gasteiger partial charge in [0.15, 0.2) is 0 Å². The van der Waals surface area contributed by atoms with Crippen LogP contribution in [0.4, 0.5) is 10.1 Å². The lowest BCUT2D eigenvalue weighted by atomic mass is 10.1. The summed E-state index contributed by atoms with van der Waals surface area (Å²) < 4.78 is 15.1. The number of para-hydroxylation sites is 1. The molecule has 1 aliphatic rings. The number of aromatic nitrogens is 3. The molecule has 0 spiro atoms. The Morgan fingerprint density at radius 1 is 1.24 bits per heavy atom. The van der Waals surface area contributed by atoms with Gasteiger partial charge in [-0.1, -0.05) is 30.3 Å². The molecule has 0 saturated heterocycles. The van der Waals surface area contributed by atoms with E-state index in [1.807, 2.05) is 30.3 Å². The minimum absolute atomic E-state index is 0.0275. The molecule has 1 aliphatic carbocycles. The lowest BCUT2D eigenvalue weighted by Gasteiger charge is -2.11. The molecule has 2 aromatic carbocycles. The lowest BCUT2D eigenvalue weighted by Crippen LogP contribution is -2.16. The van der Waals surface area contributed by atoms with Crippen LogP contribution in [-0.2, 0) is 11.3 Å². The molecular formula is C19H17FN4O. The summed E-state index contributed by atoms with van der Waals surface area (Å²) in [6.45, 7) is 0.536. The summed E-state index contributed by atoms with van der Waals surface area (Å²) in [5, 5.41) is 7.10. The number of halogens is 1. The van der Waals surface area contributed by atoms with Crippen LogP contribution in [0.15, 0.2) is 61.2 Å². The van der Waals surface area contributed by atoms with Crippen LogP contribution in [0.3, 0.4) is 0 Å². The van der Waals surface area contributed by atoms with Gasteiger partial charge in [0.25, 0.3) is 0 Å². The van der Waals surface area contributed by atoms with Crippen LogP contribution in [-0.4, -0.2) is 20.7 Å². The van der Waals surface area contributed by atoms with Gasteiger partial charge in [-0.25, -0.2) is 14.1 Å². The maximum absolute atomic E-state index is 13.3. The van der Waals surface area contributed by atoms with Gasteiger partial charge in [-0.2, -0.15) is 5.10 Å². The highest BCUT2D eigenvalue weighted by Gasteiger charge is 2.44. The van der Waals surface area contributed by atoms with Gasteiger partial charge in [0.05, 0.1) is 6.54 Å². The molecule has 2 unspecified atom stereocenters. The highest BCUT2D eigenvalue weighted by Crippen LogP contribution is 2.48. The second-order valence-corrected chi connectivity index (χ2v) is 6.24. The molecule has 3 aromatic rings. The van der Waals surface area contributed by atoms with Gasteiger partial charge < -0.3 is 5.32 Å². The van der Waals surface area contributed by atoms with E-state index in [1.165, 1.54) is 18.5 Å². The maximum Gasteiger partial charge on any atom is 0.228 e. The van der Waals surface area contributed by atoms with Crippen molar-refractivity contribution in [1.29, 1.82) is 0 Å². The third-order valence-electron chi connectivity index (χ3n) is 4.48. The Labute approximate surface area is 144 Å². The average molecular weight is 336 g/mol. The molecule has 126 valence electrons. The molecule has 6 heteroatoms. The van der Waals surface area contributed by atoms with Crippen LogP contribution < -0.4 is 5.32 Å². The summed E-state index contributed by atoms with van der Waals surface area (Å²) >= 11 is 0.